The molecule has 0 spiro atoms. The second-order valence-electron chi connectivity index (χ2n) is 3.30. The predicted molar refractivity (Wildman–Crippen MR) is 47.6 cm³/mol. The molecule has 0 aromatic heterocycles. The molecule has 16 heavy (non-hydrogen) atoms. The van der Waals surface area contributed by atoms with Gasteiger partial charge in [-0.2, -0.15) is 0 Å². The van der Waals surface area contributed by atoms with Crippen LogP contribution in [0.15, 0.2) is 24.3 Å². The fraction of sp³-hybridized carbons (Fsp3) is 0.400. The highest BCUT2D eigenvalue weighted by Gasteiger charge is 1.92. The highest BCUT2D eigenvalue weighted by Crippen LogP contribution is 2.07. The van der Waals surface area contributed by atoms with Gasteiger partial charge < -0.3 is 5.73 Å². The van der Waals surface area contributed by atoms with E-state index < -0.39 is 10.2 Å². The lowest BCUT2D eigenvalue weighted by Crippen LogP contribution is -2.68. The first-order valence-corrected chi connectivity index (χ1v) is 6.09. The zero-order valence-corrected chi connectivity index (χ0v) is 9.90. The van der Waals surface area contributed by atoms with Gasteiger partial charge in [0.05, 0.1) is 0 Å². The van der Waals surface area contributed by atoms with Crippen molar-refractivity contribution in [2.45, 2.75) is 26.2 Å². The van der Waals surface area contributed by atoms with Crippen LogP contribution in [-0.4, -0.2) is 0 Å². The van der Waals surface area contributed by atoms with Gasteiger partial charge in [0.15, 0.2) is 0 Å². The average Bonchev–Trinajstić information content (AvgIpc) is 2.14. The van der Waals surface area contributed by atoms with Crippen LogP contribution in [0.3, 0.4) is 0 Å². The van der Waals surface area contributed by atoms with E-state index in [-0.39, 0.29) is 0 Å². The molecule has 0 radical (unpaired) electrons. The quantitative estimate of drug-likeness (QED) is 0.620. The van der Waals surface area contributed by atoms with Crippen molar-refractivity contribution >= 4 is 5.69 Å². The van der Waals surface area contributed by atoms with E-state index in [0.717, 1.165) is 5.69 Å². The van der Waals surface area contributed by atoms with E-state index in [1.807, 2.05) is 0 Å². The zero-order chi connectivity index (χ0) is 12.6. The zero-order valence-electron chi connectivity index (χ0n) is 9.15. The first kappa shape index (κ1) is 15.3. The molecule has 0 unspecified atom stereocenters. The Morgan fingerprint density at radius 3 is 1.88 bits per heavy atom. The summed E-state index contributed by atoms with van der Waals surface area (Å²) in [6, 6.07) is 8.48. The molecule has 3 N–H and O–H groups in total. The predicted octanol–water partition coefficient (Wildman–Crippen LogP) is -2.85. The summed E-state index contributed by atoms with van der Waals surface area (Å²) in [6.07, 6.45) is 3.76. The maximum absolute atomic E-state index is 8.49. The highest BCUT2D eigenvalue weighted by molar-refractivity contribution is 5.31. The van der Waals surface area contributed by atoms with Gasteiger partial charge in [0.1, 0.15) is 5.69 Å². The molecule has 1 aromatic rings. The minimum absolute atomic E-state index is 1.10. The Labute approximate surface area is 96.9 Å². The van der Waals surface area contributed by atoms with Crippen molar-refractivity contribution in [2.75, 3.05) is 0 Å². The Hall–Kier alpha value is -0.690. The van der Waals surface area contributed by atoms with Crippen LogP contribution in [0.2, 0.25) is 0 Å². The number of benzene rings is 1. The molecule has 6 heteroatoms. The van der Waals surface area contributed by atoms with Gasteiger partial charge in [0.25, 0.3) is 0 Å². The van der Waals surface area contributed by atoms with E-state index in [1.165, 1.54) is 24.8 Å². The Morgan fingerprint density at radius 2 is 1.50 bits per heavy atom. The lowest BCUT2D eigenvalue weighted by atomic mass is 10.1. The lowest BCUT2D eigenvalue weighted by molar-refractivity contribution is -2.00. The smallest absolute Gasteiger partial charge is 0.127 e. The fourth-order valence-electron chi connectivity index (χ4n) is 1.09. The molecule has 0 aliphatic heterocycles. The van der Waals surface area contributed by atoms with Crippen LogP contribution in [0.5, 0.6) is 0 Å². The molecule has 92 valence electrons. The van der Waals surface area contributed by atoms with E-state index in [9.17, 15) is 0 Å². The number of halogens is 1. The molecule has 1 aromatic carbocycles. The standard InChI is InChI=1S/C10H15N.ClHO4/c1-2-3-4-9-5-7-10(11)8-6-9;2-1(3,4)5/h5-8H,2-4,11H2,1H3;(H,2,3,4,5). The molecular weight excluding hydrogens is 234 g/mol. The van der Waals surface area contributed by atoms with Crippen LogP contribution >= 0.6 is 0 Å². The molecule has 0 amide bonds. The summed E-state index contributed by atoms with van der Waals surface area (Å²) < 4.78 is 34.0. The van der Waals surface area contributed by atoms with Crippen LogP contribution < -0.4 is 24.4 Å². The molecule has 0 fully saturated rings. The third-order valence-corrected chi connectivity index (χ3v) is 1.84. The third kappa shape index (κ3) is 11.4. The molecule has 5 nitrogen and oxygen atoms in total. The maximum Gasteiger partial charge on any atom is 0.127 e. The van der Waals surface area contributed by atoms with E-state index in [0.29, 0.717) is 0 Å². The number of aryl methyl sites for hydroxylation is 1. The number of quaternary nitrogens is 1. The van der Waals surface area contributed by atoms with Crippen molar-refractivity contribution in [3.63, 3.8) is 0 Å². The van der Waals surface area contributed by atoms with Crippen molar-refractivity contribution in [1.29, 1.82) is 0 Å². The SMILES string of the molecule is CCCCc1ccc([NH3+])cc1.[O-][Cl+3]([O-])([O-])[O-]. The molecule has 0 heterocycles. The lowest BCUT2D eigenvalue weighted by Gasteiger charge is -2.17. The van der Waals surface area contributed by atoms with Crippen molar-refractivity contribution in [1.82, 2.24) is 0 Å². The Kier molecular flexibility index (Phi) is 7.24. The van der Waals surface area contributed by atoms with Gasteiger partial charge in [-0.15, -0.1) is 10.2 Å². The van der Waals surface area contributed by atoms with Gasteiger partial charge in [-0.3, -0.25) is 0 Å². The van der Waals surface area contributed by atoms with Crippen molar-refractivity contribution < 1.29 is 34.6 Å². The highest BCUT2D eigenvalue weighted by atomic mass is 35.7. The molecular formula is C10H16ClNO4. The number of hydrogen-bond donors (Lipinski definition) is 1. The van der Waals surface area contributed by atoms with Crippen LogP contribution in [0.1, 0.15) is 25.3 Å². The molecule has 1 rings (SSSR count). The van der Waals surface area contributed by atoms with Crippen molar-refractivity contribution in [3.8, 4) is 0 Å². The molecule has 0 saturated carbocycles. The summed E-state index contributed by atoms with van der Waals surface area (Å²) in [4.78, 5) is 0. The molecule has 0 atom stereocenters. The second kappa shape index (κ2) is 7.56. The van der Waals surface area contributed by atoms with E-state index >= 15 is 0 Å². The minimum atomic E-state index is -4.94. The van der Waals surface area contributed by atoms with Crippen LogP contribution in [0.4, 0.5) is 5.69 Å². The van der Waals surface area contributed by atoms with Gasteiger partial charge in [-0.25, -0.2) is 18.6 Å². The largest absolute Gasteiger partial charge is 0.325 e. The second-order valence-corrected chi connectivity index (χ2v) is 4.05. The van der Waals surface area contributed by atoms with Gasteiger partial charge in [-0.1, -0.05) is 25.5 Å². The van der Waals surface area contributed by atoms with Crippen LogP contribution in [-0.2, 0) is 6.42 Å². The molecule has 0 bridgehead atoms. The minimum Gasteiger partial charge on any atom is -0.325 e. The van der Waals surface area contributed by atoms with Crippen molar-refractivity contribution in [2.24, 2.45) is 0 Å². The number of hydrogen-bond acceptors (Lipinski definition) is 4. The summed E-state index contributed by atoms with van der Waals surface area (Å²) in [5.41, 5.74) is 6.37. The van der Waals surface area contributed by atoms with Crippen molar-refractivity contribution in [3.05, 3.63) is 29.8 Å². The summed E-state index contributed by atoms with van der Waals surface area (Å²) >= 11 is 0. The first-order chi connectivity index (χ1) is 7.33. The monoisotopic (exact) mass is 249 g/mol. The number of unbranched alkanes of at least 4 members (excludes halogenated alkanes) is 1. The van der Waals surface area contributed by atoms with Gasteiger partial charge >= 0.3 is 0 Å². The van der Waals surface area contributed by atoms with Gasteiger partial charge in [0.2, 0.25) is 0 Å². The summed E-state index contributed by atoms with van der Waals surface area (Å²) in [5, 5.41) is 0. The topological polar surface area (TPSA) is 120 Å². The maximum atomic E-state index is 8.49. The van der Waals surface area contributed by atoms with E-state index in [2.05, 4.69) is 36.9 Å². The van der Waals surface area contributed by atoms with Gasteiger partial charge in [-0.05, 0) is 30.5 Å². The number of rotatable bonds is 3. The summed E-state index contributed by atoms with van der Waals surface area (Å²) in [6.45, 7) is 2.22. The Bertz CT molecular complexity index is 278. The molecule has 0 aliphatic carbocycles. The third-order valence-electron chi connectivity index (χ3n) is 1.84. The molecule has 0 aliphatic rings. The van der Waals surface area contributed by atoms with Gasteiger partial charge in [0, 0.05) is 0 Å². The Balaban J connectivity index is 0.000000385. The normalized spacial score (nSPS) is 10.6. The molecule has 0 saturated heterocycles. The van der Waals surface area contributed by atoms with E-state index in [1.54, 1.807) is 0 Å². The first-order valence-electron chi connectivity index (χ1n) is 4.85. The average molecular weight is 250 g/mol. The fourth-order valence-corrected chi connectivity index (χ4v) is 1.09. The van der Waals surface area contributed by atoms with E-state index in [4.69, 9.17) is 18.6 Å². The summed E-state index contributed by atoms with van der Waals surface area (Å²) in [5.74, 6) is 0. The summed E-state index contributed by atoms with van der Waals surface area (Å²) in [7, 11) is -4.94. The van der Waals surface area contributed by atoms with Crippen LogP contribution in [0, 0.1) is 10.2 Å². The van der Waals surface area contributed by atoms with Crippen LogP contribution in [0.25, 0.3) is 0 Å². The Morgan fingerprint density at radius 1 is 1.06 bits per heavy atom.